The monoisotopic (exact) mass is 361 g/mol. The van der Waals surface area contributed by atoms with Gasteiger partial charge in [-0.1, -0.05) is 11.6 Å². The molecule has 3 rings (SSSR count). The van der Waals surface area contributed by atoms with Crippen LogP contribution in [0.25, 0.3) is 11.4 Å². The van der Waals surface area contributed by atoms with Crippen molar-refractivity contribution in [3.8, 4) is 11.4 Å². The first-order chi connectivity index (χ1) is 11.9. The lowest BCUT2D eigenvalue weighted by molar-refractivity contribution is 0.102. The molecule has 126 valence electrons. The van der Waals surface area contributed by atoms with Gasteiger partial charge in [0.1, 0.15) is 23.0 Å². The summed E-state index contributed by atoms with van der Waals surface area (Å²) in [5.41, 5.74) is -0.813. The maximum Gasteiger partial charge on any atom is 0.264 e. The molecule has 0 saturated carbocycles. The van der Waals surface area contributed by atoms with Crippen LogP contribution in [-0.2, 0) is 0 Å². The molecule has 2 aromatic carbocycles. The van der Waals surface area contributed by atoms with Gasteiger partial charge >= 0.3 is 0 Å². The molecule has 0 spiro atoms. The molecule has 8 heteroatoms. The van der Waals surface area contributed by atoms with Crippen LogP contribution in [0, 0.1) is 11.6 Å². The number of carbonyl (C=O) groups excluding carboxylic acids is 1. The van der Waals surface area contributed by atoms with Crippen LogP contribution in [0.1, 0.15) is 10.4 Å². The number of nitrogens with zero attached hydrogens (tertiary/aromatic N) is 1. The Bertz CT molecular complexity index is 1000. The SMILES string of the molecule is O=C(Nc1cc(F)ccc1F)c1cnc(-c2ccc(Cl)cc2)[nH]c1=O. The van der Waals surface area contributed by atoms with E-state index in [4.69, 9.17) is 11.6 Å². The van der Waals surface area contributed by atoms with E-state index in [1.165, 1.54) is 0 Å². The van der Waals surface area contributed by atoms with Crippen molar-refractivity contribution in [2.24, 2.45) is 0 Å². The van der Waals surface area contributed by atoms with Crippen LogP contribution in [0.15, 0.2) is 53.5 Å². The Morgan fingerprint density at radius 1 is 1.12 bits per heavy atom. The molecule has 0 radical (unpaired) electrons. The summed E-state index contributed by atoms with van der Waals surface area (Å²) in [6.07, 6.45) is 1.06. The Morgan fingerprint density at radius 2 is 1.84 bits per heavy atom. The van der Waals surface area contributed by atoms with Crippen LogP contribution in [-0.4, -0.2) is 15.9 Å². The minimum Gasteiger partial charge on any atom is -0.319 e. The van der Waals surface area contributed by atoms with Crippen molar-refractivity contribution in [1.82, 2.24) is 9.97 Å². The van der Waals surface area contributed by atoms with E-state index in [-0.39, 0.29) is 17.1 Å². The average Bonchev–Trinajstić information content (AvgIpc) is 2.58. The highest BCUT2D eigenvalue weighted by Gasteiger charge is 2.15. The second-order valence-electron chi connectivity index (χ2n) is 5.06. The third-order valence-electron chi connectivity index (χ3n) is 3.34. The van der Waals surface area contributed by atoms with Gasteiger partial charge in [0.25, 0.3) is 11.5 Å². The van der Waals surface area contributed by atoms with E-state index in [0.717, 1.165) is 24.4 Å². The van der Waals surface area contributed by atoms with E-state index in [2.05, 4.69) is 15.3 Å². The molecule has 2 N–H and O–H groups in total. The molecular weight excluding hydrogens is 352 g/mol. The molecule has 0 fully saturated rings. The summed E-state index contributed by atoms with van der Waals surface area (Å²) >= 11 is 5.80. The molecule has 1 aromatic heterocycles. The van der Waals surface area contributed by atoms with Gasteiger partial charge in [-0.3, -0.25) is 9.59 Å². The molecule has 0 bridgehead atoms. The lowest BCUT2D eigenvalue weighted by Crippen LogP contribution is -2.24. The van der Waals surface area contributed by atoms with Crippen LogP contribution in [0.2, 0.25) is 5.02 Å². The van der Waals surface area contributed by atoms with Crippen molar-refractivity contribution in [3.63, 3.8) is 0 Å². The summed E-state index contributed by atoms with van der Waals surface area (Å²) in [7, 11) is 0. The fourth-order valence-electron chi connectivity index (χ4n) is 2.09. The molecule has 0 aliphatic rings. The smallest absolute Gasteiger partial charge is 0.264 e. The minimum absolute atomic E-state index is 0.246. The molecule has 0 aliphatic carbocycles. The van der Waals surface area contributed by atoms with Crippen molar-refractivity contribution in [2.45, 2.75) is 0 Å². The second-order valence-corrected chi connectivity index (χ2v) is 5.50. The Kier molecular flexibility index (Phi) is 4.58. The van der Waals surface area contributed by atoms with E-state index >= 15 is 0 Å². The van der Waals surface area contributed by atoms with E-state index in [9.17, 15) is 18.4 Å². The highest BCUT2D eigenvalue weighted by Crippen LogP contribution is 2.18. The Morgan fingerprint density at radius 3 is 2.52 bits per heavy atom. The Balaban J connectivity index is 1.88. The van der Waals surface area contributed by atoms with Crippen molar-refractivity contribution >= 4 is 23.2 Å². The Labute approximate surface area is 145 Å². The lowest BCUT2D eigenvalue weighted by Gasteiger charge is -2.07. The fraction of sp³-hybridized carbons (Fsp3) is 0. The van der Waals surface area contributed by atoms with Crippen LogP contribution in [0.4, 0.5) is 14.5 Å². The van der Waals surface area contributed by atoms with Gasteiger partial charge in [-0.15, -0.1) is 0 Å². The van der Waals surface area contributed by atoms with E-state index in [1.54, 1.807) is 24.3 Å². The van der Waals surface area contributed by atoms with Crippen molar-refractivity contribution < 1.29 is 13.6 Å². The highest BCUT2D eigenvalue weighted by molar-refractivity contribution is 6.30. The van der Waals surface area contributed by atoms with Crippen molar-refractivity contribution in [1.29, 1.82) is 0 Å². The summed E-state index contributed by atoms with van der Waals surface area (Å²) in [6, 6.07) is 9.17. The zero-order chi connectivity index (χ0) is 18.0. The number of amides is 1. The highest BCUT2D eigenvalue weighted by atomic mass is 35.5. The molecule has 25 heavy (non-hydrogen) atoms. The second kappa shape index (κ2) is 6.82. The lowest BCUT2D eigenvalue weighted by atomic mass is 10.2. The van der Waals surface area contributed by atoms with Gasteiger partial charge in [0.2, 0.25) is 0 Å². The van der Waals surface area contributed by atoms with Crippen LogP contribution >= 0.6 is 11.6 Å². The molecule has 1 heterocycles. The van der Waals surface area contributed by atoms with Gasteiger partial charge in [-0.2, -0.15) is 0 Å². The molecule has 1 amide bonds. The standard InChI is InChI=1S/C17H10ClF2N3O2/c18-10-3-1-9(2-4-10)15-21-8-12(17(25)23-15)16(24)22-14-7-11(19)5-6-13(14)20/h1-8H,(H,22,24)(H,21,23,25). The van der Waals surface area contributed by atoms with Gasteiger partial charge in [0, 0.05) is 22.8 Å². The first kappa shape index (κ1) is 16.8. The average molecular weight is 362 g/mol. The van der Waals surface area contributed by atoms with Crippen LogP contribution < -0.4 is 10.9 Å². The zero-order valence-corrected chi connectivity index (χ0v) is 13.3. The number of H-pyrrole nitrogens is 1. The number of rotatable bonds is 3. The maximum absolute atomic E-state index is 13.6. The first-order valence-corrected chi connectivity index (χ1v) is 7.43. The molecule has 0 saturated heterocycles. The topological polar surface area (TPSA) is 74.8 Å². The van der Waals surface area contributed by atoms with Gasteiger partial charge in [-0.05, 0) is 36.4 Å². The summed E-state index contributed by atoms with van der Waals surface area (Å²) in [5.74, 6) is -2.20. The molecule has 0 unspecified atom stereocenters. The van der Waals surface area contributed by atoms with E-state index < -0.39 is 23.1 Å². The third-order valence-corrected chi connectivity index (χ3v) is 3.59. The van der Waals surface area contributed by atoms with E-state index in [0.29, 0.717) is 10.6 Å². The van der Waals surface area contributed by atoms with Crippen molar-refractivity contribution in [3.05, 3.63) is 81.2 Å². The normalized spacial score (nSPS) is 10.5. The third kappa shape index (κ3) is 3.72. The summed E-state index contributed by atoms with van der Waals surface area (Å²) in [6.45, 7) is 0. The fourth-order valence-corrected chi connectivity index (χ4v) is 2.22. The molecule has 5 nitrogen and oxygen atoms in total. The maximum atomic E-state index is 13.6. The number of anilines is 1. The summed E-state index contributed by atoms with van der Waals surface area (Å²) in [5, 5.41) is 2.67. The minimum atomic E-state index is -0.902. The number of carbonyl (C=O) groups is 1. The first-order valence-electron chi connectivity index (χ1n) is 7.06. The van der Waals surface area contributed by atoms with Crippen LogP contribution in [0.5, 0.6) is 0 Å². The number of hydrogen-bond acceptors (Lipinski definition) is 3. The Hall–Kier alpha value is -3.06. The summed E-state index contributed by atoms with van der Waals surface area (Å²) in [4.78, 5) is 30.7. The number of benzene rings is 2. The number of aromatic amines is 1. The van der Waals surface area contributed by atoms with Gasteiger partial charge in [0.15, 0.2) is 0 Å². The number of halogens is 3. The van der Waals surface area contributed by atoms with Crippen LogP contribution in [0.3, 0.4) is 0 Å². The number of hydrogen-bond donors (Lipinski definition) is 2. The molecule has 0 atom stereocenters. The molecule has 3 aromatic rings. The van der Waals surface area contributed by atoms with E-state index in [1.807, 2.05) is 0 Å². The van der Waals surface area contributed by atoms with Crippen molar-refractivity contribution in [2.75, 3.05) is 5.32 Å². The number of nitrogens with one attached hydrogen (secondary N) is 2. The van der Waals surface area contributed by atoms with Gasteiger partial charge < -0.3 is 10.3 Å². The molecule has 0 aliphatic heterocycles. The quantitative estimate of drug-likeness (QED) is 0.748. The predicted molar refractivity (Wildman–Crippen MR) is 89.6 cm³/mol. The predicted octanol–water partition coefficient (Wildman–Crippen LogP) is 3.62. The molecular formula is C17H10ClF2N3O2. The van der Waals surface area contributed by atoms with Gasteiger partial charge in [-0.25, -0.2) is 13.8 Å². The zero-order valence-electron chi connectivity index (χ0n) is 12.5. The van der Waals surface area contributed by atoms with Gasteiger partial charge in [0.05, 0.1) is 5.69 Å². The largest absolute Gasteiger partial charge is 0.319 e. The summed E-state index contributed by atoms with van der Waals surface area (Å²) < 4.78 is 26.7. The number of aromatic nitrogens is 2.